The van der Waals surface area contributed by atoms with Gasteiger partial charge in [-0.3, -0.25) is 0 Å². The maximum Gasteiger partial charge on any atom is 0.317 e. The van der Waals surface area contributed by atoms with Crippen molar-refractivity contribution in [2.75, 3.05) is 19.7 Å². The van der Waals surface area contributed by atoms with E-state index >= 15 is 0 Å². The molecule has 1 aliphatic carbocycles. The Balaban J connectivity index is 2.09. The zero-order chi connectivity index (χ0) is 15.2. The number of likely N-dealkylation sites (N-methyl/N-ethyl adjacent to an activating group) is 1. The van der Waals surface area contributed by atoms with Crippen molar-refractivity contribution in [3.8, 4) is 0 Å². The summed E-state index contributed by atoms with van der Waals surface area (Å²) in [6.45, 7) is 2.84. The van der Waals surface area contributed by atoms with E-state index in [9.17, 15) is 4.79 Å². The molecule has 1 unspecified atom stereocenters. The topological polar surface area (TPSA) is 52.6 Å². The van der Waals surface area contributed by atoms with E-state index in [1.165, 1.54) is 6.42 Å². The number of carbonyl (C=O) groups excluding carboxylic acids is 1. The summed E-state index contributed by atoms with van der Waals surface area (Å²) in [5.41, 5.74) is 1.09. The molecule has 0 saturated heterocycles. The van der Waals surface area contributed by atoms with Gasteiger partial charge in [0.2, 0.25) is 0 Å². The summed E-state index contributed by atoms with van der Waals surface area (Å²) in [6.07, 6.45) is 3.50. The summed E-state index contributed by atoms with van der Waals surface area (Å²) in [5, 5.41) is 12.9. The van der Waals surface area contributed by atoms with E-state index in [4.69, 9.17) is 16.7 Å². The predicted octanol–water partition coefficient (Wildman–Crippen LogP) is 3.21. The SMILES string of the molecule is CCN(CCO)C(=O)NC(c1ccc(Cl)cc1)C1CCC1. The molecule has 0 spiro atoms. The summed E-state index contributed by atoms with van der Waals surface area (Å²) in [6, 6.07) is 7.59. The van der Waals surface area contributed by atoms with Gasteiger partial charge in [-0.15, -0.1) is 0 Å². The number of amides is 2. The lowest BCUT2D eigenvalue weighted by atomic mass is 9.77. The number of halogens is 1. The van der Waals surface area contributed by atoms with Gasteiger partial charge in [0.25, 0.3) is 0 Å². The van der Waals surface area contributed by atoms with E-state index in [2.05, 4.69) is 5.32 Å². The summed E-state index contributed by atoms with van der Waals surface area (Å²) >= 11 is 5.94. The van der Waals surface area contributed by atoms with Crippen LogP contribution in [0.25, 0.3) is 0 Å². The van der Waals surface area contributed by atoms with Crippen LogP contribution < -0.4 is 5.32 Å². The highest BCUT2D eigenvalue weighted by Gasteiger charge is 2.30. The highest BCUT2D eigenvalue weighted by atomic mass is 35.5. The van der Waals surface area contributed by atoms with Crippen molar-refractivity contribution >= 4 is 17.6 Å². The molecule has 1 aromatic carbocycles. The largest absolute Gasteiger partial charge is 0.395 e. The third kappa shape index (κ3) is 4.11. The summed E-state index contributed by atoms with van der Waals surface area (Å²) < 4.78 is 0. The van der Waals surface area contributed by atoms with Gasteiger partial charge in [0, 0.05) is 18.1 Å². The van der Waals surface area contributed by atoms with Crippen molar-refractivity contribution < 1.29 is 9.90 Å². The van der Waals surface area contributed by atoms with Crippen LogP contribution in [0.2, 0.25) is 5.02 Å². The van der Waals surface area contributed by atoms with E-state index in [-0.39, 0.29) is 18.7 Å². The Morgan fingerprint density at radius 3 is 2.57 bits per heavy atom. The zero-order valence-corrected chi connectivity index (χ0v) is 13.1. The lowest BCUT2D eigenvalue weighted by Crippen LogP contribution is -2.45. The first-order chi connectivity index (χ1) is 10.2. The summed E-state index contributed by atoms with van der Waals surface area (Å²) in [5.74, 6) is 0.489. The van der Waals surface area contributed by atoms with Crippen molar-refractivity contribution in [3.05, 3.63) is 34.9 Å². The zero-order valence-electron chi connectivity index (χ0n) is 12.4. The average molecular weight is 311 g/mol. The Labute approximate surface area is 131 Å². The maximum absolute atomic E-state index is 12.3. The minimum Gasteiger partial charge on any atom is -0.395 e. The number of hydrogen-bond donors (Lipinski definition) is 2. The van der Waals surface area contributed by atoms with Crippen molar-refractivity contribution in [1.82, 2.24) is 10.2 Å². The van der Waals surface area contributed by atoms with E-state index in [0.717, 1.165) is 18.4 Å². The Morgan fingerprint density at radius 1 is 1.43 bits per heavy atom. The van der Waals surface area contributed by atoms with Crippen LogP contribution in [-0.2, 0) is 0 Å². The number of carbonyl (C=O) groups is 1. The van der Waals surface area contributed by atoms with Crippen LogP contribution in [0.5, 0.6) is 0 Å². The molecule has 0 aliphatic heterocycles. The van der Waals surface area contributed by atoms with Gasteiger partial charge >= 0.3 is 6.03 Å². The maximum atomic E-state index is 12.3. The molecule has 0 aromatic heterocycles. The molecule has 0 bridgehead atoms. The average Bonchev–Trinajstić information content (AvgIpc) is 2.43. The minimum atomic E-state index is -0.113. The van der Waals surface area contributed by atoms with Crippen molar-refractivity contribution in [3.63, 3.8) is 0 Å². The van der Waals surface area contributed by atoms with Crippen LogP contribution in [0.3, 0.4) is 0 Å². The Morgan fingerprint density at radius 2 is 2.10 bits per heavy atom. The van der Waals surface area contributed by atoms with E-state index in [1.807, 2.05) is 31.2 Å². The number of urea groups is 1. The molecule has 116 valence electrons. The van der Waals surface area contributed by atoms with E-state index < -0.39 is 0 Å². The lowest BCUT2D eigenvalue weighted by Gasteiger charge is -2.36. The Bertz CT molecular complexity index is 460. The second kappa shape index (κ2) is 7.66. The number of nitrogens with zero attached hydrogens (tertiary/aromatic N) is 1. The van der Waals surface area contributed by atoms with Gasteiger partial charge in [-0.1, -0.05) is 30.2 Å². The highest BCUT2D eigenvalue weighted by Crippen LogP contribution is 2.38. The van der Waals surface area contributed by atoms with Crippen molar-refractivity contribution in [2.24, 2.45) is 5.92 Å². The van der Waals surface area contributed by atoms with Crippen LogP contribution in [-0.4, -0.2) is 35.7 Å². The standard InChI is InChI=1S/C16H23ClN2O2/c1-2-19(10-11-20)16(21)18-15(12-4-3-5-12)13-6-8-14(17)9-7-13/h6-9,12,15,20H,2-5,10-11H2,1H3,(H,18,21). The quantitative estimate of drug-likeness (QED) is 0.847. The molecule has 1 fully saturated rings. The Hall–Kier alpha value is -1.26. The number of rotatable bonds is 6. The Kier molecular flexibility index (Phi) is 5.88. The molecule has 2 amide bonds. The normalized spacial score (nSPS) is 16.1. The number of hydrogen-bond acceptors (Lipinski definition) is 2. The van der Waals surface area contributed by atoms with E-state index in [1.54, 1.807) is 4.90 Å². The van der Waals surface area contributed by atoms with Crippen molar-refractivity contribution in [2.45, 2.75) is 32.2 Å². The van der Waals surface area contributed by atoms with E-state index in [0.29, 0.717) is 24.0 Å². The van der Waals surface area contributed by atoms with Gasteiger partial charge in [0.05, 0.1) is 12.6 Å². The molecule has 1 aliphatic rings. The smallest absolute Gasteiger partial charge is 0.317 e. The van der Waals surface area contributed by atoms with Gasteiger partial charge in [0.15, 0.2) is 0 Å². The number of aliphatic hydroxyl groups is 1. The van der Waals surface area contributed by atoms with Crippen LogP contribution in [0.15, 0.2) is 24.3 Å². The second-order valence-electron chi connectivity index (χ2n) is 5.47. The van der Waals surface area contributed by atoms with Gasteiger partial charge in [-0.2, -0.15) is 0 Å². The second-order valence-corrected chi connectivity index (χ2v) is 5.91. The van der Waals surface area contributed by atoms with Gasteiger partial charge < -0.3 is 15.3 Å². The summed E-state index contributed by atoms with van der Waals surface area (Å²) in [4.78, 5) is 14.0. The van der Waals surface area contributed by atoms with Gasteiger partial charge in [-0.25, -0.2) is 4.79 Å². The number of aliphatic hydroxyl groups excluding tert-OH is 1. The molecule has 1 saturated carbocycles. The fourth-order valence-electron chi connectivity index (χ4n) is 2.66. The molecule has 21 heavy (non-hydrogen) atoms. The van der Waals surface area contributed by atoms with Crippen LogP contribution >= 0.6 is 11.6 Å². The number of nitrogens with one attached hydrogen (secondary N) is 1. The van der Waals surface area contributed by atoms with Gasteiger partial charge in [0.1, 0.15) is 0 Å². The fraction of sp³-hybridized carbons (Fsp3) is 0.562. The molecule has 4 nitrogen and oxygen atoms in total. The third-order valence-electron chi connectivity index (χ3n) is 4.17. The first-order valence-electron chi connectivity index (χ1n) is 7.57. The molecule has 1 aromatic rings. The molecule has 2 rings (SSSR count). The van der Waals surface area contributed by atoms with Crippen molar-refractivity contribution in [1.29, 1.82) is 0 Å². The highest BCUT2D eigenvalue weighted by molar-refractivity contribution is 6.30. The molecule has 1 atom stereocenters. The molecular weight excluding hydrogens is 288 g/mol. The molecular formula is C16H23ClN2O2. The summed E-state index contributed by atoms with van der Waals surface area (Å²) in [7, 11) is 0. The van der Waals surface area contributed by atoms with Crippen LogP contribution in [0.4, 0.5) is 4.79 Å². The van der Waals surface area contributed by atoms with Gasteiger partial charge in [-0.05, 0) is 43.4 Å². The first-order valence-corrected chi connectivity index (χ1v) is 7.95. The fourth-order valence-corrected chi connectivity index (χ4v) is 2.79. The van der Waals surface area contributed by atoms with Crippen LogP contribution in [0, 0.1) is 5.92 Å². The minimum absolute atomic E-state index is 0.0176. The first kappa shape index (κ1) is 16.1. The van der Waals surface area contributed by atoms with Crippen LogP contribution in [0.1, 0.15) is 37.8 Å². The molecule has 0 heterocycles. The monoisotopic (exact) mass is 310 g/mol. The molecule has 2 N–H and O–H groups in total. The lowest BCUT2D eigenvalue weighted by molar-refractivity contribution is 0.164. The third-order valence-corrected chi connectivity index (χ3v) is 4.42. The predicted molar refractivity (Wildman–Crippen MR) is 84.4 cm³/mol. The number of benzene rings is 1. The molecule has 5 heteroatoms. The molecule has 0 radical (unpaired) electrons.